The van der Waals surface area contributed by atoms with E-state index in [9.17, 15) is 19.8 Å². The van der Waals surface area contributed by atoms with Crippen molar-refractivity contribution in [3.63, 3.8) is 0 Å². The number of carbonyl (C=O) groups excluding carboxylic acids is 2. The van der Waals surface area contributed by atoms with Crippen LogP contribution in [0.3, 0.4) is 0 Å². The Hall–Kier alpha value is -2.30. The van der Waals surface area contributed by atoms with Crippen molar-refractivity contribution in [3.8, 4) is 0 Å². The summed E-state index contributed by atoms with van der Waals surface area (Å²) in [6.07, 6.45) is 7.26. The van der Waals surface area contributed by atoms with Gasteiger partial charge in [0, 0.05) is 39.8 Å². The van der Waals surface area contributed by atoms with Crippen molar-refractivity contribution in [3.05, 3.63) is 57.6 Å². The zero-order chi connectivity index (χ0) is 31.3. The Morgan fingerprint density at radius 2 is 1.77 bits per heavy atom. The maximum absolute atomic E-state index is 16.1. The van der Waals surface area contributed by atoms with Crippen LogP contribution in [0.1, 0.15) is 82.3 Å². The number of amides is 2. The fourth-order valence-corrected chi connectivity index (χ4v) is 10.1. The van der Waals surface area contributed by atoms with E-state index in [-0.39, 0.29) is 52.6 Å². The largest absolute Gasteiger partial charge is 0.396 e. The minimum absolute atomic E-state index is 0.0115. The van der Waals surface area contributed by atoms with Crippen LogP contribution in [0.15, 0.2) is 30.5 Å². The van der Waals surface area contributed by atoms with E-state index in [0.717, 1.165) is 38.5 Å². The van der Waals surface area contributed by atoms with E-state index in [0.29, 0.717) is 29.1 Å². The summed E-state index contributed by atoms with van der Waals surface area (Å²) in [5.74, 6) is -2.21. The molecular weight excluding hydrogens is 606 g/mol. The molecule has 3 saturated carbocycles. The number of anilines is 1. The standard InChI is InChI=1S/C33H39Cl2FN4O4/c1-29(2)6-8-32(9-7-29)33(21-4-3-18(34)11-22(21)39-28(33)44)23(20-5-10-37-26(35)24(20)36)25(40-32)27(43)38-19-12-30(13-19)14-31(15-30,16-41)17-42/h3-5,10-11,19,23,25,40-42H,6-9,12-17H2,1-2H3,(H,38,43)(H,39,44)/t23-,25+,33+/m0/s1. The molecule has 1 aromatic carbocycles. The predicted octanol–water partition coefficient (Wildman–Crippen LogP) is 4.84. The molecule has 3 spiro atoms. The molecule has 3 aliphatic carbocycles. The number of nitrogens with zero attached hydrogens (tertiary/aromatic N) is 1. The van der Waals surface area contributed by atoms with Gasteiger partial charge in [-0.3, -0.25) is 14.9 Å². The van der Waals surface area contributed by atoms with Gasteiger partial charge in [0.15, 0.2) is 11.0 Å². The van der Waals surface area contributed by atoms with E-state index in [4.69, 9.17) is 23.2 Å². The molecule has 1 aromatic heterocycles. The number of carbonyl (C=O) groups is 2. The quantitative estimate of drug-likeness (QED) is 0.297. The highest BCUT2D eigenvalue weighted by Gasteiger charge is 2.73. The van der Waals surface area contributed by atoms with Gasteiger partial charge in [0.2, 0.25) is 11.8 Å². The summed E-state index contributed by atoms with van der Waals surface area (Å²) in [7, 11) is 0. The van der Waals surface area contributed by atoms with E-state index in [1.54, 1.807) is 18.2 Å². The Kier molecular flexibility index (Phi) is 6.97. The van der Waals surface area contributed by atoms with Crippen LogP contribution in [-0.2, 0) is 15.0 Å². The number of fused-ring (bicyclic) bond motifs is 3. The molecule has 0 bridgehead atoms. The van der Waals surface area contributed by atoms with Gasteiger partial charge in [-0.15, -0.1) is 0 Å². The molecular formula is C33H39Cl2FN4O4. The second-order valence-electron chi connectivity index (χ2n) is 15.1. The number of hydrogen-bond donors (Lipinski definition) is 5. The first-order valence-corrected chi connectivity index (χ1v) is 16.3. The molecule has 2 aromatic rings. The van der Waals surface area contributed by atoms with E-state index >= 15 is 4.39 Å². The van der Waals surface area contributed by atoms with E-state index < -0.39 is 34.1 Å². The van der Waals surface area contributed by atoms with Gasteiger partial charge < -0.3 is 20.8 Å². The number of pyridine rings is 1. The molecule has 2 amide bonds. The fraction of sp³-hybridized carbons (Fsp3) is 0.606. The zero-order valence-corrected chi connectivity index (χ0v) is 26.5. The molecule has 4 fully saturated rings. The van der Waals surface area contributed by atoms with E-state index in [1.165, 1.54) is 6.20 Å². The summed E-state index contributed by atoms with van der Waals surface area (Å²) in [6, 6.07) is 5.83. The molecule has 5 N–H and O–H groups in total. The Balaban J connectivity index is 1.30. The predicted molar refractivity (Wildman–Crippen MR) is 165 cm³/mol. The third-order valence-corrected chi connectivity index (χ3v) is 12.3. The minimum atomic E-state index is -1.31. The van der Waals surface area contributed by atoms with Crippen molar-refractivity contribution < 1.29 is 24.2 Å². The molecule has 44 heavy (non-hydrogen) atoms. The SMILES string of the molecule is CC1(C)CCC2(CC1)N[C@@H](C(=O)NC1CC3(C1)CC(CO)(CO)C3)[C@H](c1ccnc(Cl)c1F)[C@]21C(=O)Nc2cc(Cl)ccc21. The Labute approximate surface area is 266 Å². The highest BCUT2D eigenvalue weighted by Crippen LogP contribution is 2.66. The van der Waals surface area contributed by atoms with Gasteiger partial charge in [0.1, 0.15) is 5.41 Å². The lowest BCUT2D eigenvalue weighted by Gasteiger charge is -2.62. The van der Waals surface area contributed by atoms with Crippen molar-refractivity contribution >= 4 is 40.7 Å². The van der Waals surface area contributed by atoms with Crippen LogP contribution in [0.2, 0.25) is 10.2 Å². The number of rotatable bonds is 5. The van der Waals surface area contributed by atoms with Crippen LogP contribution < -0.4 is 16.0 Å². The fourth-order valence-electron chi connectivity index (χ4n) is 9.81. The lowest BCUT2D eigenvalue weighted by Crippen LogP contribution is -2.63. The van der Waals surface area contributed by atoms with Crippen molar-refractivity contribution in [2.75, 3.05) is 18.5 Å². The number of nitrogens with one attached hydrogen (secondary N) is 3. The molecule has 11 heteroatoms. The lowest BCUT2D eigenvalue weighted by atomic mass is 9.44. The van der Waals surface area contributed by atoms with Gasteiger partial charge in [-0.2, -0.15) is 0 Å². The highest BCUT2D eigenvalue weighted by atomic mass is 35.5. The molecule has 5 aliphatic rings. The maximum atomic E-state index is 16.1. The van der Waals surface area contributed by atoms with Crippen molar-refractivity contribution in [1.29, 1.82) is 0 Å². The third-order valence-electron chi connectivity index (χ3n) is 11.8. The summed E-state index contributed by atoms with van der Waals surface area (Å²) >= 11 is 12.6. The highest BCUT2D eigenvalue weighted by molar-refractivity contribution is 6.31. The number of benzene rings is 1. The molecule has 1 saturated heterocycles. The molecule has 2 aliphatic heterocycles. The zero-order valence-electron chi connectivity index (χ0n) is 25.0. The van der Waals surface area contributed by atoms with E-state index in [1.807, 2.05) is 6.07 Å². The Morgan fingerprint density at radius 1 is 1.09 bits per heavy atom. The first-order chi connectivity index (χ1) is 20.8. The van der Waals surface area contributed by atoms with Crippen LogP contribution in [0, 0.1) is 22.1 Å². The van der Waals surface area contributed by atoms with E-state index in [2.05, 4.69) is 34.8 Å². The second-order valence-corrected chi connectivity index (χ2v) is 15.9. The van der Waals surface area contributed by atoms with Crippen molar-refractivity contribution in [2.45, 2.75) is 94.2 Å². The van der Waals surface area contributed by atoms with Gasteiger partial charge in [0.25, 0.3) is 0 Å². The Bertz CT molecular complexity index is 1520. The Morgan fingerprint density at radius 3 is 2.43 bits per heavy atom. The van der Waals surface area contributed by atoms with Gasteiger partial charge >= 0.3 is 0 Å². The van der Waals surface area contributed by atoms with Crippen LogP contribution in [0.4, 0.5) is 10.1 Å². The molecule has 3 heterocycles. The number of aromatic nitrogens is 1. The molecule has 0 radical (unpaired) electrons. The van der Waals surface area contributed by atoms with Crippen LogP contribution in [0.5, 0.6) is 0 Å². The first-order valence-electron chi connectivity index (χ1n) is 15.5. The van der Waals surface area contributed by atoms with Crippen LogP contribution >= 0.6 is 23.2 Å². The minimum Gasteiger partial charge on any atom is -0.396 e. The first kappa shape index (κ1) is 30.4. The van der Waals surface area contributed by atoms with Crippen molar-refractivity contribution in [2.24, 2.45) is 16.2 Å². The molecule has 8 nitrogen and oxygen atoms in total. The smallest absolute Gasteiger partial charge is 0.238 e. The second kappa shape index (κ2) is 10.1. The maximum Gasteiger partial charge on any atom is 0.238 e. The van der Waals surface area contributed by atoms with Crippen LogP contribution in [0.25, 0.3) is 0 Å². The summed E-state index contributed by atoms with van der Waals surface area (Å²) in [4.78, 5) is 32.9. The summed E-state index contributed by atoms with van der Waals surface area (Å²) in [5.41, 5.74) is -1.07. The van der Waals surface area contributed by atoms with Gasteiger partial charge in [-0.1, -0.05) is 43.1 Å². The summed E-state index contributed by atoms with van der Waals surface area (Å²) in [6.45, 7) is 4.32. The topological polar surface area (TPSA) is 124 Å². The monoisotopic (exact) mass is 644 g/mol. The number of aliphatic hydroxyl groups is 2. The normalized spacial score (nSPS) is 30.6. The molecule has 7 rings (SSSR count). The lowest BCUT2D eigenvalue weighted by molar-refractivity contribution is -0.157. The third kappa shape index (κ3) is 4.22. The number of halogens is 3. The van der Waals surface area contributed by atoms with Crippen molar-refractivity contribution in [1.82, 2.24) is 15.6 Å². The molecule has 236 valence electrons. The van der Waals surface area contributed by atoms with Crippen LogP contribution in [-0.4, -0.2) is 57.8 Å². The summed E-state index contributed by atoms with van der Waals surface area (Å²) < 4.78 is 16.1. The number of hydrogen-bond acceptors (Lipinski definition) is 6. The average Bonchev–Trinajstić information content (AvgIpc) is 3.40. The molecule has 3 atom stereocenters. The van der Waals surface area contributed by atoms with Gasteiger partial charge in [-0.25, -0.2) is 9.37 Å². The van der Waals surface area contributed by atoms with Gasteiger partial charge in [-0.05, 0) is 91.5 Å². The molecule has 0 unspecified atom stereocenters. The average molecular weight is 646 g/mol. The summed E-state index contributed by atoms with van der Waals surface area (Å²) in [5, 5.41) is 29.7. The number of aliphatic hydroxyl groups excluding tert-OH is 2. The van der Waals surface area contributed by atoms with Gasteiger partial charge in [0.05, 0.1) is 19.3 Å².